The van der Waals surface area contributed by atoms with Crippen LogP contribution in [0.1, 0.15) is 32.1 Å². The number of hydrogen-bond acceptors (Lipinski definition) is 4. The number of H-pyrrole nitrogens is 1. The molecular weight excluding hydrogens is 304 g/mol. The highest BCUT2D eigenvalue weighted by Gasteiger charge is 2.17. The minimum absolute atomic E-state index is 0.0992. The van der Waals surface area contributed by atoms with E-state index in [1.165, 1.54) is 12.8 Å². The highest BCUT2D eigenvalue weighted by atomic mass is 32.1. The van der Waals surface area contributed by atoms with Crippen molar-refractivity contribution in [3.8, 4) is 10.7 Å². The lowest BCUT2D eigenvalue weighted by Gasteiger charge is -2.12. The maximum absolute atomic E-state index is 12.0. The van der Waals surface area contributed by atoms with Gasteiger partial charge in [-0.15, -0.1) is 11.3 Å². The number of thiophene rings is 1. The van der Waals surface area contributed by atoms with Gasteiger partial charge >= 0.3 is 0 Å². The Morgan fingerprint density at radius 2 is 2.33 bits per heavy atom. The summed E-state index contributed by atoms with van der Waals surface area (Å²) in [5.41, 5.74) is 0. The predicted molar refractivity (Wildman–Crippen MR) is 85.7 cm³/mol. The van der Waals surface area contributed by atoms with Crippen molar-refractivity contribution in [3.05, 3.63) is 22.3 Å². The number of rotatable bonds is 5. The van der Waals surface area contributed by atoms with E-state index in [2.05, 4.69) is 15.5 Å². The van der Waals surface area contributed by atoms with Gasteiger partial charge in [0.05, 0.1) is 4.88 Å². The van der Waals surface area contributed by atoms with E-state index in [1.807, 2.05) is 22.1 Å². The van der Waals surface area contributed by atoms with E-state index in [0.717, 1.165) is 23.5 Å². The molecule has 3 rings (SSSR count). The van der Waals surface area contributed by atoms with E-state index in [1.54, 1.807) is 11.3 Å². The van der Waals surface area contributed by atoms with Crippen LogP contribution in [-0.2, 0) is 11.3 Å². The normalized spacial score (nSPS) is 15.4. The van der Waals surface area contributed by atoms with Crippen molar-refractivity contribution in [2.75, 3.05) is 0 Å². The highest BCUT2D eigenvalue weighted by Crippen LogP contribution is 2.23. The molecule has 0 bridgehead atoms. The van der Waals surface area contributed by atoms with Crippen molar-refractivity contribution in [1.29, 1.82) is 0 Å². The Bertz CT molecular complexity index is 653. The fraction of sp³-hybridized carbons (Fsp3) is 0.500. The van der Waals surface area contributed by atoms with Crippen LogP contribution in [0.5, 0.6) is 0 Å². The summed E-state index contributed by atoms with van der Waals surface area (Å²) in [4.78, 5) is 13.1. The van der Waals surface area contributed by atoms with Crippen molar-refractivity contribution < 1.29 is 4.79 Å². The largest absolute Gasteiger partial charge is 0.353 e. The average Bonchev–Trinajstić information content (AvgIpc) is 3.17. The van der Waals surface area contributed by atoms with Gasteiger partial charge in [0, 0.05) is 19.0 Å². The Morgan fingerprint density at radius 3 is 3.05 bits per heavy atom. The number of aromatic nitrogens is 3. The maximum Gasteiger partial charge on any atom is 0.222 e. The van der Waals surface area contributed by atoms with E-state index in [4.69, 9.17) is 12.2 Å². The summed E-state index contributed by atoms with van der Waals surface area (Å²) in [7, 11) is 0. The zero-order valence-corrected chi connectivity index (χ0v) is 13.3. The summed E-state index contributed by atoms with van der Waals surface area (Å²) in [6, 6.07) is 4.35. The van der Waals surface area contributed by atoms with Gasteiger partial charge in [0.25, 0.3) is 0 Å². The second-order valence-electron chi connectivity index (χ2n) is 5.28. The summed E-state index contributed by atoms with van der Waals surface area (Å²) >= 11 is 6.87. The molecule has 7 heteroatoms. The van der Waals surface area contributed by atoms with Crippen LogP contribution in [0, 0.1) is 4.77 Å². The van der Waals surface area contributed by atoms with Crippen molar-refractivity contribution in [2.45, 2.75) is 44.7 Å². The number of nitrogens with zero attached hydrogens (tertiary/aromatic N) is 2. The molecule has 1 saturated carbocycles. The van der Waals surface area contributed by atoms with Crippen LogP contribution >= 0.6 is 23.6 Å². The third kappa shape index (κ3) is 3.41. The topological polar surface area (TPSA) is 62.7 Å². The Kier molecular flexibility index (Phi) is 4.50. The molecule has 0 saturated heterocycles. The third-order valence-corrected chi connectivity index (χ3v) is 4.96. The number of carbonyl (C=O) groups excluding carboxylic acids is 1. The highest BCUT2D eigenvalue weighted by molar-refractivity contribution is 7.71. The first-order valence-corrected chi connectivity index (χ1v) is 8.51. The number of aromatic amines is 1. The van der Waals surface area contributed by atoms with Gasteiger partial charge in [0.1, 0.15) is 0 Å². The van der Waals surface area contributed by atoms with Crippen LogP contribution in [0.4, 0.5) is 0 Å². The molecule has 2 aromatic rings. The Labute approximate surface area is 132 Å². The molecule has 0 aliphatic heterocycles. The van der Waals surface area contributed by atoms with Crippen LogP contribution in [0.3, 0.4) is 0 Å². The van der Waals surface area contributed by atoms with Crippen LogP contribution < -0.4 is 5.32 Å². The molecule has 0 radical (unpaired) electrons. The van der Waals surface area contributed by atoms with Gasteiger partial charge < -0.3 is 5.32 Å². The summed E-state index contributed by atoms with van der Waals surface area (Å²) < 4.78 is 2.46. The molecule has 2 aromatic heterocycles. The van der Waals surface area contributed by atoms with Crippen molar-refractivity contribution in [2.24, 2.45) is 0 Å². The molecule has 0 spiro atoms. The second kappa shape index (κ2) is 6.53. The molecule has 2 N–H and O–H groups in total. The lowest BCUT2D eigenvalue weighted by molar-refractivity contribution is -0.121. The smallest absolute Gasteiger partial charge is 0.222 e. The third-order valence-electron chi connectivity index (χ3n) is 3.78. The second-order valence-corrected chi connectivity index (χ2v) is 6.61. The summed E-state index contributed by atoms with van der Waals surface area (Å²) in [5, 5.41) is 12.2. The fourth-order valence-electron chi connectivity index (χ4n) is 2.70. The quantitative estimate of drug-likeness (QED) is 0.831. The monoisotopic (exact) mass is 322 g/mol. The first-order valence-electron chi connectivity index (χ1n) is 7.22. The molecule has 0 atom stereocenters. The number of hydrogen-bond donors (Lipinski definition) is 2. The van der Waals surface area contributed by atoms with Crippen LogP contribution in [-0.4, -0.2) is 26.7 Å². The van der Waals surface area contributed by atoms with Gasteiger partial charge in [-0.2, -0.15) is 5.10 Å². The molecule has 112 valence electrons. The summed E-state index contributed by atoms with van der Waals surface area (Å²) in [6.45, 7) is 0.557. The molecular formula is C14H18N4OS2. The minimum Gasteiger partial charge on any atom is -0.353 e. The maximum atomic E-state index is 12.0. The van der Waals surface area contributed by atoms with Gasteiger partial charge in [-0.25, -0.2) is 0 Å². The van der Waals surface area contributed by atoms with Crippen molar-refractivity contribution in [1.82, 2.24) is 20.1 Å². The van der Waals surface area contributed by atoms with Crippen LogP contribution in [0.2, 0.25) is 0 Å². The molecule has 0 unspecified atom stereocenters. The van der Waals surface area contributed by atoms with Crippen LogP contribution in [0.25, 0.3) is 10.7 Å². The Hall–Kier alpha value is -1.47. The van der Waals surface area contributed by atoms with E-state index in [9.17, 15) is 4.79 Å². The zero-order valence-electron chi connectivity index (χ0n) is 11.7. The van der Waals surface area contributed by atoms with Crippen LogP contribution in [0.15, 0.2) is 17.5 Å². The van der Waals surface area contributed by atoms with E-state index in [0.29, 0.717) is 23.8 Å². The van der Waals surface area contributed by atoms with E-state index >= 15 is 0 Å². The van der Waals surface area contributed by atoms with Crippen molar-refractivity contribution in [3.63, 3.8) is 0 Å². The summed E-state index contributed by atoms with van der Waals surface area (Å²) in [6.07, 6.45) is 5.10. The van der Waals surface area contributed by atoms with Gasteiger partial charge in [0.2, 0.25) is 5.91 Å². The van der Waals surface area contributed by atoms with Gasteiger partial charge in [-0.3, -0.25) is 14.5 Å². The van der Waals surface area contributed by atoms with Gasteiger partial charge in [-0.1, -0.05) is 18.9 Å². The lowest BCUT2D eigenvalue weighted by Crippen LogP contribution is -2.33. The molecule has 1 fully saturated rings. The Balaban J connectivity index is 1.64. The Morgan fingerprint density at radius 1 is 1.52 bits per heavy atom. The zero-order chi connectivity index (χ0) is 14.7. The van der Waals surface area contributed by atoms with E-state index in [-0.39, 0.29) is 5.91 Å². The standard InChI is InChI=1S/C14H18N4OS2/c19-12(15-10-4-1-2-5-10)7-8-18-13(16-17-14(18)20)11-6-3-9-21-11/h3,6,9-10H,1-2,4-5,7-8H2,(H,15,19)(H,17,20). The molecule has 1 aliphatic rings. The molecule has 0 aromatic carbocycles. The van der Waals surface area contributed by atoms with Gasteiger partial charge in [0.15, 0.2) is 10.6 Å². The molecule has 1 amide bonds. The first kappa shape index (κ1) is 14.5. The van der Waals surface area contributed by atoms with Gasteiger partial charge in [-0.05, 0) is 36.5 Å². The average molecular weight is 322 g/mol. The summed E-state index contributed by atoms with van der Waals surface area (Å²) in [5.74, 6) is 0.908. The molecule has 5 nitrogen and oxygen atoms in total. The predicted octanol–water partition coefficient (Wildman–Crippen LogP) is 3.12. The van der Waals surface area contributed by atoms with E-state index < -0.39 is 0 Å². The SMILES string of the molecule is O=C(CCn1c(-c2cccs2)n[nH]c1=S)NC1CCCC1. The number of carbonyl (C=O) groups is 1. The number of nitrogens with one attached hydrogen (secondary N) is 2. The van der Waals surface area contributed by atoms with Crippen molar-refractivity contribution >= 4 is 29.5 Å². The molecule has 1 aliphatic carbocycles. The molecule has 2 heterocycles. The first-order chi connectivity index (χ1) is 10.2. The molecule has 21 heavy (non-hydrogen) atoms. The number of amides is 1. The fourth-order valence-corrected chi connectivity index (χ4v) is 3.65. The minimum atomic E-state index is 0.0992. The lowest BCUT2D eigenvalue weighted by atomic mass is 10.2.